The van der Waals surface area contributed by atoms with Crippen LogP contribution in [-0.4, -0.2) is 35.1 Å². The van der Waals surface area contributed by atoms with Gasteiger partial charge in [0.2, 0.25) is 23.6 Å². The lowest BCUT2D eigenvalue weighted by molar-refractivity contribution is -0.274. The third-order valence-electron chi connectivity index (χ3n) is 10.8. The zero-order chi connectivity index (χ0) is 36.7. The number of imide groups is 2. The van der Waals surface area contributed by atoms with E-state index in [1.165, 1.54) is 6.07 Å². The second kappa shape index (κ2) is 12.2. The van der Waals surface area contributed by atoms with Gasteiger partial charge in [-0.15, -0.1) is 13.2 Å². The van der Waals surface area contributed by atoms with E-state index in [4.69, 9.17) is 23.2 Å². The Morgan fingerprint density at radius 3 is 2.17 bits per heavy atom. The Morgan fingerprint density at radius 1 is 0.750 bits per heavy atom. The number of nitrogens with zero attached hydrogens (tertiary/aromatic N) is 2. The average molecular weight is 748 g/mol. The molecule has 1 N–H and O–H groups in total. The highest BCUT2D eigenvalue weighted by Gasteiger charge is 2.70. The van der Waals surface area contributed by atoms with Gasteiger partial charge in [0.25, 0.3) is 0 Å². The standard InChI is InChI=1S/C39H27Cl2F3N2O6/c40-21-9-11-23(12-10-21)45-34(48)27-15-14-26-28(32(27)36(45)50)19-30-35(49)46(24-8-4-7-22(41)17-24)37(51)38(30,20-5-2-1-3-6-20)33(26)29-18-25(13-16-31(29)47)52-39(42,43)44/h1-14,16-18,27-28,30,32-33,47H,15,19H2/t27-,28+,30-,32-,33+,38+/m0/s1. The number of amides is 4. The first kappa shape index (κ1) is 34.0. The van der Waals surface area contributed by atoms with Gasteiger partial charge in [0.05, 0.1) is 34.5 Å². The van der Waals surface area contributed by atoms with Crippen molar-refractivity contribution in [2.45, 2.75) is 30.5 Å². The maximum atomic E-state index is 15.3. The lowest BCUT2D eigenvalue weighted by atomic mass is 9.49. The summed E-state index contributed by atoms with van der Waals surface area (Å²) in [4.78, 5) is 60.6. The number of anilines is 2. The van der Waals surface area contributed by atoms with Crippen molar-refractivity contribution in [3.8, 4) is 11.5 Å². The Morgan fingerprint density at radius 2 is 1.48 bits per heavy atom. The van der Waals surface area contributed by atoms with Crippen molar-refractivity contribution < 1.29 is 42.2 Å². The van der Waals surface area contributed by atoms with Crippen LogP contribution in [0.25, 0.3) is 0 Å². The molecule has 0 unspecified atom stereocenters. The summed E-state index contributed by atoms with van der Waals surface area (Å²) in [5.41, 5.74) is -0.589. The van der Waals surface area contributed by atoms with E-state index in [9.17, 15) is 32.7 Å². The molecule has 13 heteroatoms. The average Bonchev–Trinajstić information content (AvgIpc) is 3.50. The molecule has 4 aromatic rings. The third kappa shape index (κ3) is 5.12. The first-order valence-electron chi connectivity index (χ1n) is 16.4. The van der Waals surface area contributed by atoms with Crippen LogP contribution in [-0.2, 0) is 24.6 Å². The molecular formula is C39H27Cl2F3N2O6. The number of alkyl halides is 3. The molecule has 2 aliphatic heterocycles. The summed E-state index contributed by atoms with van der Waals surface area (Å²) in [5, 5.41) is 12.2. The number of aromatic hydroxyl groups is 1. The second-order valence-electron chi connectivity index (χ2n) is 13.4. The highest BCUT2D eigenvalue weighted by molar-refractivity contribution is 6.32. The minimum Gasteiger partial charge on any atom is -0.508 e. The number of carbonyl (C=O) groups excluding carboxylic acids is 4. The monoisotopic (exact) mass is 746 g/mol. The van der Waals surface area contributed by atoms with Crippen molar-refractivity contribution in [1.82, 2.24) is 0 Å². The van der Waals surface area contributed by atoms with Crippen LogP contribution in [0, 0.1) is 23.7 Å². The lowest BCUT2D eigenvalue weighted by Crippen LogP contribution is -2.53. The van der Waals surface area contributed by atoms with Gasteiger partial charge in [-0.1, -0.05) is 71.2 Å². The second-order valence-corrected chi connectivity index (χ2v) is 14.2. The molecule has 4 aromatic carbocycles. The first-order chi connectivity index (χ1) is 24.8. The molecule has 0 spiro atoms. The summed E-state index contributed by atoms with van der Waals surface area (Å²) < 4.78 is 44.9. The molecule has 8 nitrogen and oxygen atoms in total. The number of hydrogen-bond acceptors (Lipinski definition) is 6. The number of benzene rings is 4. The van der Waals surface area contributed by atoms with Gasteiger partial charge in [-0.2, -0.15) is 0 Å². The van der Waals surface area contributed by atoms with Gasteiger partial charge in [-0.3, -0.25) is 24.1 Å². The molecule has 3 fully saturated rings. The molecule has 4 aliphatic rings. The van der Waals surface area contributed by atoms with Crippen LogP contribution in [0.2, 0.25) is 10.0 Å². The number of phenolic OH excluding ortho intramolecular Hbond substituents is 1. The van der Waals surface area contributed by atoms with Crippen LogP contribution in [0.4, 0.5) is 24.5 Å². The van der Waals surface area contributed by atoms with E-state index in [0.717, 1.165) is 28.0 Å². The molecule has 0 radical (unpaired) electrons. The van der Waals surface area contributed by atoms with Crippen molar-refractivity contribution in [2.75, 3.05) is 9.80 Å². The van der Waals surface area contributed by atoms with Gasteiger partial charge in [-0.05, 0) is 85.0 Å². The summed E-state index contributed by atoms with van der Waals surface area (Å²) >= 11 is 12.4. The smallest absolute Gasteiger partial charge is 0.508 e. The van der Waals surface area contributed by atoms with Gasteiger partial charge in [-0.25, -0.2) is 4.90 Å². The minimum atomic E-state index is -5.08. The van der Waals surface area contributed by atoms with E-state index in [0.29, 0.717) is 21.8 Å². The van der Waals surface area contributed by atoms with E-state index < -0.39 is 76.5 Å². The van der Waals surface area contributed by atoms with E-state index in [1.54, 1.807) is 78.9 Å². The predicted octanol–water partition coefficient (Wildman–Crippen LogP) is 7.96. The quantitative estimate of drug-likeness (QED) is 0.164. The maximum absolute atomic E-state index is 15.3. The summed E-state index contributed by atoms with van der Waals surface area (Å²) in [7, 11) is 0. The first-order valence-corrected chi connectivity index (χ1v) is 17.2. The van der Waals surface area contributed by atoms with Crippen LogP contribution in [0.1, 0.15) is 29.9 Å². The Bertz CT molecular complexity index is 2190. The maximum Gasteiger partial charge on any atom is 0.573 e. The molecule has 0 bridgehead atoms. The van der Waals surface area contributed by atoms with E-state index in [-0.39, 0.29) is 29.1 Å². The predicted molar refractivity (Wildman–Crippen MR) is 185 cm³/mol. The Labute approximate surface area is 305 Å². The summed E-state index contributed by atoms with van der Waals surface area (Å²) in [6.45, 7) is 0. The molecule has 4 amide bonds. The molecule has 8 rings (SSSR count). The number of fused-ring (bicyclic) bond motifs is 4. The zero-order valence-electron chi connectivity index (χ0n) is 26.9. The Kier molecular flexibility index (Phi) is 8.00. The topological polar surface area (TPSA) is 104 Å². The summed E-state index contributed by atoms with van der Waals surface area (Å²) in [6.07, 6.45) is -3.32. The molecular weight excluding hydrogens is 720 g/mol. The molecule has 264 valence electrons. The highest BCUT2D eigenvalue weighted by atomic mass is 35.5. The lowest BCUT2D eigenvalue weighted by Gasteiger charge is -2.50. The minimum absolute atomic E-state index is 0.0486. The van der Waals surface area contributed by atoms with Gasteiger partial charge in [0.15, 0.2) is 0 Å². The molecule has 2 heterocycles. The Hall–Kier alpha value is -5.13. The van der Waals surface area contributed by atoms with Gasteiger partial charge in [0, 0.05) is 21.5 Å². The molecule has 6 atom stereocenters. The van der Waals surface area contributed by atoms with Crippen molar-refractivity contribution in [3.63, 3.8) is 0 Å². The fourth-order valence-corrected chi connectivity index (χ4v) is 9.20. The Balaban J connectivity index is 1.37. The van der Waals surface area contributed by atoms with Crippen molar-refractivity contribution in [3.05, 3.63) is 130 Å². The van der Waals surface area contributed by atoms with Crippen LogP contribution >= 0.6 is 23.2 Å². The number of ether oxygens (including phenoxy) is 1. The fraction of sp³-hybridized carbons (Fsp3) is 0.231. The van der Waals surface area contributed by atoms with Gasteiger partial charge in [0.1, 0.15) is 11.5 Å². The largest absolute Gasteiger partial charge is 0.573 e. The van der Waals surface area contributed by atoms with E-state index in [2.05, 4.69) is 4.74 Å². The van der Waals surface area contributed by atoms with Crippen LogP contribution in [0.5, 0.6) is 11.5 Å². The third-order valence-corrected chi connectivity index (χ3v) is 11.3. The van der Waals surface area contributed by atoms with Crippen molar-refractivity contribution >= 4 is 58.2 Å². The number of rotatable bonds is 5. The summed E-state index contributed by atoms with van der Waals surface area (Å²) in [6, 6.07) is 23.8. The molecule has 1 saturated carbocycles. The van der Waals surface area contributed by atoms with E-state index in [1.807, 2.05) is 0 Å². The molecule has 2 aliphatic carbocycles. The van der Waals surface area contributed by atoms with E-state index >= 15 is 4.79 Å². The van der Waals surface area contributed by atoms with Crippen LogP contribution < -0.4 is 14.5 Å². The zero-order valence-corrected chi connectivity index (χ0v) is 28.4. The van der Waals surface area contributed by atoms with Gasteiger partial charge >= 0.3 is 6.36 Å². The number of carbonyl (C=O) groups is 4. The molecule has 0 aromatic heterocycles. The molecule has 2 saturated heterocycles. The number of hydrogen-bond donors (Lipinski definition) is 1. The highest BCUT2D eigenvalue weighted by Crippen LogP contribution is 2.65. The molecule has 52 heavy (non-hydrogen) atoms. The van der Waals surface area contributed by atoms with Gasteiger partial charge < -0.3 is 9.84 Å². The number of allylic oxidation sites excluding steroid dienone is 2. The van der Waals surface area contributed by atoms with Crippen molar-refractivity contribution in [2.24, 2.45) is 23.7 Å². The number of halogens is 5. The van der Waals surface area contributed by atoms with Crippen LogP contribution in [0.15, 0.2) is 109 Å². The van der Waals surface area contributed by atoms with Crippen molar-refractivity contribution in [1.29, 1.82) is 0 Å². The summed E-state index contributed by atoms with van der Waals surface area (Å²) in [5.74, 6) is -8.42. The normalized spacial score (nSPS) is 26.9. The van der Waals surface area contributed by atoms with Crippen LogP contribution in [0.3, 0.4) is 0 Å². The fourth-order valence-electron chi connectivity index (χ4n) is 8.89. The number of phenols is 1. The SMILES string of the molecule is O=C1[C@H]2[C@H](CC=C3[C@H]2C[C@H]2C(=O)N(c4cccc(Cl)c4)C(=O)[C@@]2(c2ccccc2)[C@H]3c2cc(OC(F)(F)F)ccc2O)C(=O)N1c1ccc(Cl)cc1.